The van der Waals surface area contributed by atoms with Crippen LogP contribution in [-0.2, 0) is 11.0 Å². The maximum atomic E-state index is 10.6. The van der Waals surface area contributed by atoms with Gasteiger partial charge in [-0.3, -0.25) is 0 Å². The van der Waals surface area contributed by atoms with E-state index < -0.39 is 5.60 Å². The van der Waals surface area contributed by atoms with Gasteiger partial charge in [-0.15, -0.1) is 0 Å². The van der Waals surface area contributed by atoms with Crippen molar-refractivity contribution < 1.29 is 5.11 Å². The summed E-state index contributed by atoms with van der Waals surface area (Å²) in [4.78, 5) is 0. The van der Waals surface area contributed by atoms with Crippen molar-refractivity contribution in [3.8, 4) is 0 Å². The van der Waals surface area contributed by atoms with Crippen molar-refractivity contribution in [2.24, 2.45) is 0 Å². The highest BCUT2D eigenvalue weighted by Crippen LogP contribution is 2.26. The van der Waals surface area contributed by atoms with Crippen molar-refractivity contribution in [2.75, 3.05) is 6.54 Å². The highest BCUT2D eigenvalue weighted by molar-refractivity contribution is 5.30. The molecule has 1 aromatic carbocycles. The van der Waals surface area contributed by atoms with Gasteiger partial charge in [0, 0.05) is 12.1 Å². The Morgan fingerprint density at radius 3 is 1.63 bits per heavy atom. The minimum Gasteiger partial charge on any atom is -0.384 e. The fourth-order valence-electron chi connectivity index (χ4n) is 1.87. The SMILES string of the molecule is CC(C)(C)NCC(C)(O)c1ccc(C(C)(C)C)cc1. The van der Waals surface area contributed by atoms with Gasteiger partial charge in [0.2, 0.25) is 0 Å². The number of hydrogen-bond donors (Lipinski definition) is 2. The predicted octanol–water partition coefficient (Wildman–Crippen LogP) is 3.58. The number of nitrogens with one attached hydrogen (secondary N) is 1. The molecule has 0 radical (unpaired) electrons. The van der Waals surface area contributed by atoms with Crippen LogP contribution in [0.2, 0.25) is 0 Å². The summed E-state index contributed by atoms with van der Waals surface area (Å²) in [5.41, 5.74) is 1.56. The molecule has 0 heterocycles. The largest absolute Gasteiger partial charge is 0.384 e. The van der Waals surface area contributed by atoms with Crippen molar-refractivity contribution >= 4 is 0 Å². The van der Waals surface area contributed by atoms with E-state index in [1.807, 2.05) is 19.1 Å². The molecule has 0 saturated carbocycles. The lowest BCUT2D eigenvalue weighted by atomic mass is 9.85. The molecule has 0 spiro atoms. The molecule has 1 aromatic rings. The van der Waals surface area contributed by atoms with E-state index in [0.717, 1.165) is 5.56 Å². The Morgan fingerprint density at radius 1 is 0.842 bits per heavy atom. The maximum absolute atomic E-state index is 10.6. The molecule has 0 amide bonds. The summed E-state index contributed by atoms with van der Waals surface area (Å²) < 4.78 is 0. The lowest BCUT2D eigenvalue weighted by Crippen LogP contribution is -2.44. The molecule has 0 bridgehead atoms. The fourth-order valence-corrected chi connectivity index (χ4v) is 1.87. The molecule has 0 aromatic heterocycles. The fraction of sp³-hybridized carbons (Fsp3) is 0.647. The quantitative estimate of drug-likeness (QED) is 0.873. The third kappa shape index (κ3) is 4.96. The highest BCUT2D eigenvalue weighted by atomic mass is 16.3. The Balaban J connectivity index is 2.85. The molecule has 2 nitrogen and oxygen atoms in total. The van der Waals surface area contributed by atoms with Gasteiger partial charge in [0.15, 0.2) is 0 Å². The van der Waals surface area contributed by atoms with E-state index in [4.69, 9.17) is 0 Å². The number of benzene rings is 1. The highest BCUT2D eigenvalue weighted by Gasteiger charge is 2.25. The van der Waals surface area contributed by atoms with E-state index in [1.165, 1.54) is 5.56 Å². The van der Waals surface area contributed by atoms with Crippen LogP contribution in [-0.4, -0.2) is 17.2 Å². The van der Waals surface area contributed by atoms with Gasteiger partial charge in [0.25, 0.3) is 0 Å². The molecule has 0 saturated heterocycles. The van der Waals surface area contributed by atoms with Crippen LogP contribution in [0, 0.1) is 0 Å². The molecular formula is C17H29NO. The van der Waals surface area contributed by atoms with E-state index >= 15 is 0 Å². The monoisotopic (exact) mass is 263 g/mol. The Bertz CT molecular complexity index is 404. The molecule has 2 heteroatoms. The van der Waals surface area contributed by atoms with E-state index in [-0.39, 0.29) is 11.0 Å². The maximum Gasteiger partial charge on any atom is 0.0992 e. The molecule has 1 rings (SSSR count). The smallest absolute Gasteiger partial charge is 0.0992 e. The van der Waals surface area contributed by atoms with E-state index in [9.17, 15) is 5.11 Å². The average Bonchev–Trinajstić information content (AvgIpc) is 2.25. The van der Waals surface area contributed by atoms with E-state index in [0.29, 0.717) is 6.54 Å². The van der Waals surface area contributed by atoms with Crippen molar-refractivity contribution in [3.05, 3.63) is 35.4 Å². The minimum atomic E-state index is -0.844. The van der Waals surface area contributed by atoms with Gasteiger partial charge in [-0.25, -0.2) is 0 Å². The Kier molecular flexibility index (Phi) is 4.48. The summed E-state index contributed by atoms with van der Waals surface area (Å²) in [7, 11) is 0. The van der Waals surface area contributed by atoms with Crippen LogP contribution in [0.15, 0.2) is 24.3 Å². The zero-order valence-electron chi connectivity index (χ0n) is 13.5. The van der Waals surface area contributed by atoms with Crippen LogP contribution in [0.25, 0.3) is 0 Å². The number of hydrogen-bond acceptors (Lipinski definition) is 2. The van der Waals surface area contributed by atoms with Crippen LogP contribution in [0.1, 0.15) is 59.6 Å². The van der Waals surface area contributed by atoms with Crippen LogP contribution < -0.4 is 5.32 Å². The average molecular weight is 263 g/mol. The van der Waals surface area contributed by atoms with Crippen molar-refractivity contribution in [1.82, 2.24) is 5.32 Å². The van der Waals surface area contributed by atoms with Gasteiger partial charge in [-0.05, 0) is 44.2 Å². The van der Waals surface area contributed by atoms with Crippen molar-refractivity contribution in [1.29, 1.82) is 0 Å². The Labute approximate surface area is 118 Å². The molecule has 1 unspecified atom stereocenters. The Morgan fingerprint density at radius 2 is 1.26 bits per heavy atom. The van der Waals surface area contributed by atoms with Gasteiger partial charge in [-0.1, -0.05) is 45.0 Å². The van der Waals surface area contributed by atoms with Gasteiger partial charge >= 0.3 is 0 Å². The molecule has 0 aliphatic carbocycles. The van der Waals surface area contributed by atoms with Crippen LogP contribution >= 0.6 is 0 Å². The first-order chi connectivity index (χ1) is 8.42. The second kappa shape index (κ2) is 5.26. The Hall–Kier alpha value is -0.860. The standard InChI is InChI=1S/C17H29NO/c1-15(2,3)13-8-10-14(11-9-13)17(7,19)12-18-16(4,5)6/h8-11,18-19H,12H2,1-7H3. The van der Waals surface area contributed by atoms with Crippen LogP contribution in [0.4, 0.5) is 0 Å². The molecule has 0 aliphatic rings. The van der Waals surface area contributed by atoms with Crippen LogP contribution in [0.3, 0.4) is 0 Å². The van der Waals surface area contributed by atoms with Gasteiger partial charge < -0.3 is 10.4 Å². The third-order valence-corrected chi connectivity index (χ3v) is 3.34. The van der Waals surface area contributed by atoms with Crippen molar-refractivity contribution in [2.45, 2.75) is 65.0 Å². The van der Waals surface area contributed by atoms with Gasteiger partial charge in [-0.2, -0.15) is 0 Å². The first-order valence-electron chi connectivity index (χ1n) is 7.00. The zero-order valence-corrected chi connectivity index (χ0v) is 13.5. The third-order valence-electron chi connectivity index (χ3n) is 3.34. The summed E-state index contributed by atoms with van der Waals surface area (Å²) in [6.45, 7) is 15.3. The number of β-amino-alcohol motifs (C(OH)–C–C–N with tert-alkyl or cyclic N) is 1. The number of rotatable bonds is 3. The molecule has 0 fully saturated rings. The first kappa shape index (κ1) is 16.2. The van der Waals surface area contributed by atoms with E-state index in [1.54, 1.807) is 0 Å². The molecule has 0 aliphatic heterocycles. The second-order valence-corrected chi connectivity index (χ2v) is 7.70. The normalized spacial score (nSPS) is 16.2. The molecule has 19 heavy (non-hydrogen) atoms. The lowest BCUT2D eigenvalue weighted by Gasteiger charge is -2.30. The molecule has 1 atom stereocenters. The van der Waals surface area contributed by atoms with Gasteiger partial charge in [0.1, 0.15) is 0 Å². The molecule has 108 valence electrons. The topological polar surface area (TPSA) is 32.3 Å². The summed E-state index contributed by atoms with van der Waals surface area (Å²) in [6.07, 6.45) is 0. The summed E-state index contributed by atoms with van der Waals surface area (Å²) in [6, 6.07) is 8.29. The van der Waals surface area contributed by atoms with Crippen LogP contribution in [0.5, 0.6) is 0 Å². The molecular weight excluding hydrogens is 234 g/mol. The lowest BCUT2D eigenvalue weighted by molar-refractivity contribution is 0.0501. The predicted molar refractivity (Wildman–Crippen MR) is 82.5 cm³/mol. The van der Waals surface area contributed by atoms with Gasteiger partial charge in [0.05, 0.1) is 5.60 Å². The van der Waals surface area contributed by atoms with Crippen molar-refractivity contribution in [3.63, 3.8) is 0 Å². The summed E-state index contributed by atoms with van der Waals surface area (Å²) in [5, 5.41) is 13.9. The molecule has 2 N–H and O–H groups in total. The zero-order chi connectivity index (χ0) is 14.9. The number of aliphatic hydroxyl groups is 1. The first-order valence-corrected chi connectivity index (χ1v) is 7.00. The minimum absolute atomic E-state index is 0.00927. The summed E-state index contributed by atoms with van der Waals surface area (Å²) >= 11 is 0. The van der Waals surface area contributed by atoms with E-state index in [2.05, 4.69) is 59.0 Å². The second-order valence-electron chi connectivity index (χ2n) is 7.70. The summed E-state index contributed by atoms with van der Waals surface area (Å²) in [5.74, 6) is 0.